The molecule has 1 aliphatic rings. The third kappa shape index (κ3) is 5.12. The quantitative estimate of drug-likeness (QED) is 0.420. The first-order chi connectivity index (χ1) is 13.5. The smallest absolute Gasteiger partial charge is 0.227 e. The summed E-state index contributed by atoms with van der Waals surface area (Å²) in [6.45, 7) is 6.81. The Kier molecular flexibility index (Phi) is 7.58. The maximum atomic E-state index is 7.89. The van der Waals surface area contributed by atoms with Crippen LogP contribution in [0.1, 0.15) is 56.9 Å². The Balaban J connectivity index is 0.00000240. The third-order valence-corrected chi connectivity index (χ3v) is 5.45. The second kappa shape index (κ2) is 9.76. The number of furan rings is 1. The molecule has 3 heterocycles. The Morgan fingerprint density at radius 3 is 2.66 bits per heavy atom. The molecule has 4 rings (SSSR count). The van der Waals surface area contributed by atoms with Crippen molar-refractivity contribution in [3.8, 4) is 0 Å². The van der Waals surface area contributed by atoms with Crippen LogP contribution in [0.3, 0.4) is 0 Å². The van der Waals surface area contributed by atoms with Crippen LogP contribution in [-0.2, 0) is 6.54 Å². The van der Waals surface area contributed by atoms with E-state index in [-0.39, 0.29) is 56.1 Å². The predicted octanol–water partition coefficient (Wildman–Crippen LogP) is 4.70. The molecule has 0 saturated heterocycles. The van der Waals surface area contributed by atoms with E-state index in [1.165, 1.54) is 0 Å². The van der Waals surface area contributed by atoms with Crippen LogP contribution in [0.25, 0.3) is 16.9 Å². The minimum absolute atomic E-state index is 0. The third-order valence-electron chi connectivity index (χ3n) is 5.45. The molecule has 0 aromatic carbocycles. The Labute approximate surface area is 207 Å². The first kappa shape index (κ1) is 22.5. The fourth-order valence-electron chi connectivity index (χ4n) is 3.68. The normalized spacial score (nSPS) is 19.3. The number of hydrogen-bond acceptors (Lipinski definition) is 6. The summed E-state index contributed by atoms with van der Waals surface area (Å²) in [4.78, 5) is 14.1. The number of rotatable bonds is 6. The molecule has 0 spiro atoms. The van der Waals surface area contributed by atoms with Crippen LogP contribution in [0.4, 0.5) is 11.8 Å². The Hall–Kier alpha value is -1.17. The second-order valence-electron chi connectivity index (χ2n) is 7.86. The van der Waals surface area contributed by atoms with Gasteiger partial charge >= 0.3 is 0 Å². The van der Waals surface area contributed by atoms with Crippen LogP contribution in [0.2, 0.25) is 0 Å². The van der Waals surface area contributed by atoms with E-state index in [4.69, 9.17) is 20.1 Å². The minimum atomic E-state index is 0. The number of anilines is 2. The molecule has 3 aromatic heterocycles. The minimum Gasteiger partial charge on any atom is -0.675 e. The van der Waals surface area contributed by atoms with Gasteiger partial charge in [-0.2, -0.15) is 9.97 Å². The molecule has 3 N–H and O–H groups in total. The maximum absolute atomic E-state index is 7.89. The van der Waals surface area contributed by atoms with Crippen molar-refractivity contribution in [2.24, 2.45) is 0 Å². The summed E-state index contributed by atoms with van der Waals surface area (Å²) in [5, 5.41) is 6.90. The molecule has 0 atom stereocenters. The molecule has 3 aromatic rings. The molecular formula is C20H28AcN7O-. The molecule has 1 saturated carbocycles. The fourth-order valence-corrected chi connectivity index (χ4v) is 3.68. The van der Waals surface area contributed by atoms with E-state index >= 15 is 0 Å². The van der Waals surface area contributed by atoms with Gasteiger partial charge in [-0.25, -0.2) is 4.98 Å². The Bertz CT molecular complexity index is 944. The Morgan fingerprint density at radius 2 is 2.00 bits per heavy atom. The van der Waals surface area contributed by atoms with Crippen molar-refractivity contribution in [1.82, 2.24) is 19.5 Å². The van der Waals surface area contributed by atoms with Gasteiger partial charge < -0.3 is 25.4 Å². The second-order valence-corrected chi connectivity index (χ2v) is 7.86. The molecule has 1 radical (unpaired) electrons. The van der Waals surface area contributed by atoms with Crippen molar-refractivity contribution in [2.75, 3.05) is 10.6 Å². The SMILES string of the molecule is Cc1occc1CNc1nc(NC2CCC([NH-])CC2)nc2c1ncn2C(C)C.[Ac]. The summed E-state index contributed by atoms with van der Waals surface area (Å²) < 4.78 is 7.46. The topological polar surface area (TPSA) is 105 Å². The van der Waals surface area contributed by atoms with Gasteiger partial charge in [-0.15, -0.1) is 6.04 Å². The average molecular weight is 609 g/mol. The molecule has 1 fully saturated rings. The van der Waals surface area contributed by atoms with Crippen LogP contribution in [0, 0.1) is 51.0 Å². The van der Waals surface area contributed by atoms with Crippen molar-refractivity contribution in [1.29, 1.82) is 0 Å². The zero-order valence-corrected chi connectivity index (χ0v) is 22.0. The molecule has 29 heavy (non-hydrogen) atoms. The van der Waals surface area contributed by atoms with Gasteiger partial charge in [0.05, 0.1) is 12.6 Å². The first-order valence-corrected chi connectivity index (χ1v) is 10.0. The van der Waals surface area contributed by atoms with Gasteiger partial charge in [0.1, 0.15) is 5.76 Å². The number of imidazole rings is 1. The standard InChI is InChI=1S/C20H28N7O.Ac/c1-12(2)27-11-23-17-18(22-10-14-8-9-28-13(14)3)25-20(26-19(17)27)24-16-6-4-15(21)5-7-16;/h8-9,11-12,15-16,21H,4-7,10H2,1-3H3,(H2,22,24,25,26);/q-1;. The number of fused-ring (bicyclic) bond motifs is 1. The van der Waals surface area contributed by atoms with Crippen LogP contribution in [-0.4, -0.2) is 31.6 Å². The summed E-state index contributed by atoms with van der Waals surface area (Å²) in [6.07, 6.45) is 7.34. The molecule has 8 nitrogen and oxygen atoms in total. The fraction of sp³-hybridized carbons (Fsp3) is 0.550. The van der Waals surface area contributed by atoms with Gasteiger partial charge in [-0.1, -0.05) is 12.8 Å². The zero-order valence-electron chi connectivity index (χ0n) is 17.3. The van der Waals surface area contributed by atoms with E-state index in [1.807, 2.05) is 19.3 Å². The van der Waals surface area contributed by atoms with Gasteiger partial charge in [-0.3, -0.25) is 0 Å². The van der Waals surface area contributed by atoms with Gasteiger partial charge in [0.15, 0.2) is 17.0 Å². The van der Waals surface area contributed by atoms with Gasteiger partial charge in [0.2, 0.25) is 5.95 Å². The van der Waals surface area contributed by atoms with Crippen LogP contribution in [0.15, 0.2) is 23.1 Å². The van der Waals surface area contributed by atoms with E-state index in [0.29, 0.717) is 18.5 Å². The van der Waals surface area contributed by atoms with Gasteiger partial charge in [0.25, 0.3) is 0 Å². The van der Waals surface area contributed by atoms with Crippen LogP contribution in [0.5, 0.6) is 0 Å². The number of aryl methyl sites for hydroxylation is 1. The van der Waals surface area contributed by atoms with Crippen molar-refractivity contribution in [2.45, 2.75) is 71.1 Å². The van der Waals surface area contributed by atoms with E-state index in [9.17, 15) is 0 Å². The largest absolute Gasteiger partial charge is 0.675 e. The van der Waals surface area contributed by atoms with E-state index in [2.05, 4.69) is 34.0 Å². The van der Waals surface area contributed by atoms with Gasteiger partial charge in [-0.05, 0) is 39.7 Å². The summed E-state index contributed by atoms with van der Waals surface area (Å²) in [5.74, 6) is 2.24. The summed E-state index contributed by atoms with van der Waals surface area (Å²) in [6, 6.07) is 2.61. The molecular weight excluding hydrogens is 581 g/mol. The van der Waals surface area contributed by atoms with E-state index in [0.717, 1.165) is 54.0 Å². The molecule has 0 amide bonds. The first-order valence-electron chi connectivity index (χ1n) is 10.0. The summed E-state index contributed by atoms with van der Waals surface area (Å²) in [5.41, 5.74) is 10.6. The molecule has 0 unspecified atom stereocenters. The number of nitrogens with one attached hydrogen (secondary N) is 3. The number of hydrogen-bond donors (Lipinski definition) is 2. The van der Waals surface area contributed by atoms with E-state index in [1.54, 1.807) is 6.26 Å². The Morgan fingerprint density at radius 1 is 1.24 bits per heavy atom. The zero-order chi connectivity index (χ0) is 19.7. The monoisotopic (exact) mass is 609 g/mol. The van der Waals surface area contributed by atoms with Gasteiger partial charge in [0, 0.05) is 68.3 Å². The van der Waals surface area contributed by atoms with Crippen molar-refractivity contribution in [3.63, 3.8) is 0 Å². The number of nitrogens with zero attached hydrogens (tertiary/aromatic N) is 4. The summed E-state index contributed by atoms with van der Waals surface area (Å²) >= 11 is 0. The predicted molar refractivity (Wildman–Crippen MR) is 110 cm³/mol. The molecule has 0 bridgehead atoms. The maximum Gasteiger partial charge on any atom is 0.227 e. The summed E-state index contributed by atoms with van der Waals surface area (Å²) in [7, 11) is 0. The molecule has 9 heteroatoms. The molecule has 153 valence electrons. The number of aromatic nitrogens is 4. The van der Waals surface area contributed by atoms with Crippen molar-refractivity contribution < 1.29 is 48.5 Å². The van der Waals surface area contributed by atoms with E-state index < -0.39 is 0 Å². The van der Waals surface area contributed by atoms with Crippen LogP contribution < -0.4 is 10.6 Å². The van der Waals surface area contributed by atoms with Crippen LogP contribution >= 0.6 is 0 Å². The average Bonchev–Trinajstić information content (AvgIpc) is 3.28. The molecule has 0 aliphatic heterocycles. The molecule has 1 aliphatic carbocycles. The van der Waals surface area contributed by atoms with Crippen molar-refractivity contribution in [3.05, 3.63) is 35.7 Å². The van der Waals surface area contributed by atoms with Crippen molar-refractivity contribution >= 4 is 22.9 Å².